The van der Waals surface area contributed by atoms with Crippen molar-refractivity contribution in [3.05, 3.63) is 35.9 Å². The topological polar surface area (TPSA) is 0 Å². The minimum atomic E-state index is 0.232. The lowest BCUT2D eigenvalue weighted by molar-refractivity contribution is 0.374. The molecule has 0 fully saturated rings. The van der Waals surface area contributed by atoms with Crippen LogP contribution in [0.2, 0.25) is 0 Å². The van der Waals surface area contributed by atoms with E-state index in [0.717, 1.165) is 16.6 Å². The van der Waals surface area contributed by atoms with E-state index in [-0.39, 0.29) is 5.41 Å². The van der Waals surface area contributed by atoms with Gasteiger partial charge in [-0.3, -0.25) is 0 Å². The van der Waals surface area contributed by atoms with Crippen molar-refractivity contribution in [2.45, 2.75) is 38.5 Å². The third kappa shape index (κ3) is 4.10. The van der Waals surface area contributed by atoms with Gasteiger partial charge in [-0.15, -0.1) is 0 Å². The van der Waals surface area contributed by atoms with Crippen LogP contribution in [-0.4, -0.2) is 10.7 Å². The molecule has 2 heteroatoms. The van der Waals surface area contributed by atoms with Crippen LogP contribution < -0.4 is 0 Å². The maximum atomic E-state index is 3.72. The summed E-state index contributed by atoms with van der Waals surface area (Å²) in [7, 11) is 0. The predicted octanol–water partition coefficient (Wildman–Crippen LogP) is 5.54. The Bertz CT molecular complexity index is 304. The van der Waals surface area contributed by atoms with Gasteiger partial charge in [0.2, 0.25) is 0 Å². The molecule has 0 saturated carbocycles. The predicted molar refractivity (Wildman–Crippen MR) is 84.4 cm³/mol. The first-order chi connectivity index (χ1) is 8.18. The molecule has 0 saturated heterocycles. The molecule has 0 bridgehead atoms. The lowest BCUT2D eigenvalue weighted by atomic mass is 9.76. The fourth-order valence-electron chi connectivity index (χ4n) is 2.47. The second kappa shape index (κ2) is 7.58. The zero-order valence-electron chi connectivity index (χ0n) is 10.8. The summed E-state index contributed by atoms with van der Waals surface area (Å²) in [5.74, 6) is 0.773. The molecule has 0 aromatic heterocycles. The molecule has 1 aromatic rings. The Morgan fingerprint density at radius 3 is 2.18 bits per heavy atom. The van der Waals surface area contributed by atoms with E-state index in [0.29, 0.717) is 0 Å². The van der Waals surface area contributed by atoms with Crippen LogP contribution in [0.5, 0.6) is 0 Å². The van der Waals surface area contributed by atoms with Crippen LogP contribution in [0.1, 0.15) is 38.7 Å². The van der Waals surface area contributed by atoms with Crippen LogP contribution >= 0.6 is 31.9 Å². The van der Waals surface area contributed by atoms with Gasteiger partial charge in [-0.25, -0.2) is 0 Å². The Balaban J connectivity index is 2.89. The summed E-state index contributed by atoms with van der Waals surface area (Å²) in [6.07, 6.45) is 3.83. The molecule has 1 atom stereocenters. The molecular weight excluding hydrogens is 340 g/mol. The first-order valence-corrected chi connectivity index (χ1v) is 8.60. The lowest BCUT2D eigenvalue weighted by Gasteiger charge is -2.33. The van der Waals surface area contributed by atoms with Crippen molar-refractivity contribution in [1.82, 2.24) is 0 Å². The summed E-state index contributed by atoms with van der Waals surface area (Å²) < 4.78 is 0. The molecule has 1 rings (SSSR count). The van der Waals surface area contributed by atoms with Crippen LogP contribution in [-0.2, 0) is 5.41 Å². The van der Waals surface area contributed by atoms with Crippen molar-refractivity contribution in [3.63, 3.8) is 0 Å². The lowest BCUT2D eigenvalue weighted by Crippen LogP contribution is -2.32. The standard InChI is InChI=1S/C15H22Br2/c1-3-7-13(2)10-15(11-16,12-17)14-8-5-4-6-9-14/h4-6,8-9,13H,3,7,10-12H2,1-2H3. The van der Waals surface area contributed by atoms with Gasteiger partial charge in [-0.1, -0.05) is 88.9 Å². The molecule has 0 radical (unpaired) electrons. The SMILES string of the molecule is CCCC(C)CC(CBr)(CBr)c1ccccc1. The van der Waals surface area contributed by atoms with Gasteiger partial charge in [0.05, 0.1) is 0 Å². The number of hydrogen-bond acceptors (Lipinski definition) is 0. The van der Waals surface area contributed by atoms with Crippen molar-refractivity contribution in [3.8, 4) is 0 Å². The highest BCUT2D eigenvalue weighted by Gasteiger charge is 2.31. The highest BCUT2D eigenvalue weighted by molar-refractivity contribution is 9.09. The number of alkyl halides is 2. The van der Waals surface area contributed by atoms with Gasteiger partial charge in [-0.2, -0.15) is 0 Å². The maximum absolute atomic E-state index is 3.72. The molecule has 96 valence electrons. The van der Waals surface area contributed by atoms with E-state index >= 15 is 0 Å². The number of halogens is 2. The molecule has 17 heavy (non-hydrogen) atoms. The van der Waals surface area contributed by atoms with Crippen LogP contribution in [0.15, 0.2) is 30.3 Å². The Hall–Kier alpha value is 0.180. The Labute approximate surface area is 122 Å². The second-order valence-electron chi connectivity index (χ2n) is 5.01. The minimum Gasteiger partial charge on any atom is -0.0918 e. The monoisotopic (exact) mass is 360 g/mol. The van der Waals surface area contributed by atoms with Crippen LogP contribution in [0.3, 0.4) is 0 Å². The quantitative estimate of drug-likeness (QED) is 0.559. The molecule has 0 aliphatic carbocycles. The van der Waals surface area contributed by atoms with Gasteiger partial charge >= 0.3 is 0 Å². The van der Waals surface area contributed by atoms with Crippen LogP contribution in [0.25, 0.3) is 0 Å². The number of rotatable bonds is 7. The number of hydrogen-bond donors (Lipinski definition) is 0. The van der Waals surface area contributed by atoms with Crippen molar-refractivity contribution in [2.75, 3.05) is 10.7 Å². The molecular formula is C15H22Br2. The summed E-state index contributed by atoms with van der Waals surface area (Å²) in [6.45, 7) is 4.63. The highest BCUT2D eigenvalue weighted by Crippen LogP contribution is 2.36. The van der Waals surface area contributed by atoms with Gasteiger partial charge < -0.3 is 0 Å². The van der Waals surface area contributed by atoms with Crippen LogP contribution in [0.4, 0.5) is 0 Å². The Morgan fingerprint density at radius 1 is 1.12 bits per heavy atom. The van der Waals surface area contributed by atoms with Crippen molar-refractivity contribution >= 4 is 31.9 Å². The molecule has 0 nitrogen and oxygen atoms in total. The fraction of sp³-hybridized carbons (Fsp3) is 0.600. The molecule has 0 aliphatic rings. The van der Waals surface area contributed by atoms with Gasteiger partial charge in [-0.05, 0) is 17.9 Å². The smallest absolute Gasteiger partial charge is 0.0149 e. The van der Waals surface area contributed by atoms with E-state index in [1.165, 1.54) is 24.8 Å². The molecule has 1 aromatic carbocycles. The van der Waals surface area contributed by atoms with Crippen molar-refractivity contribution in [2.24, 2.45) is 5.92 Å². The molecule has 0 spiro atoms. The summed E-state index contributed by atoms with van der Waals surface area (Å²) in [4.78, 5) is 0. The van der Waals surface area contributed by atoms with Crippen LogP contribution in [0, 0.1) is 5.92 Å². The van der Waals surface area contributed by atoms with E-state index in [4.69, 9.17) is 0 Å². The minimum absolute atomic E-state index is 0.232. The van der Waals surface area contributed by atoms with Crippen molar-refractivity contribution < 1.29 is 0 Å². The Morgan fingerprint density at radius 2 is 1.71 bits per heavy atom. The highest BCUT2D eigenvalue weighted by atomic mass is 79.9. The average molecular weight is 362 g/mol. The first-order valence-electron chi connectivity index (χ1n) is 6.36. The normalized spacial score (nSPS) is 13.6. The zero-order chi connectivity index (χ0) is 12.7. The van der Waals surface area contributed by atoms with Gasteiger partial charge in [0.25, 0.3) is 0 Å². The Kier molecular flexibility index (Phi) is 6.79. The van der Waals surface area contributed by atoms with E-state index < -0.39 is 0 Å². The molecule has 0 N–H and O–H groups in total. The second-order valence-corrected chi connectivity index (χ2v) is 6.13. The van der Waals surface area contributed by atoms with Gasteiger partial charge in [0.15, 0.2) is 0 Å². The van der Waals surface area contributed by atoms with E-state index in [1.54, 1.807) is 0 Å². The molecule has 0 amide bonds. The summed E-state index contributed by atoms with van der Waals surface area (Å²) in [6, 6.07) is 10.9. The molecule has 1 unspecified atom stereocenters. The summed E-state index contributed by atoms with van der Waals surface area (Å²) >= 11 is 7.44. The average Bonchev–Trinajstić information content (AvgIpc) is 2.37. The summed E-state index contributed by atoms with van der Waals surface area (Å²) in [5, 5.41) is 2.03. The van der Waals surface area contributed by atoms with Gasteiger partial charge in [0.1, 0.15) is 0 Å². The zero-order valence-corrected chi connectivity index (χ0v) is 13.9. The third-order valence-electron chi connectivity index (χ3n) is 3.42. The molecule has 0 heterocycles. The molecule has 0 aliphatic heterocycles. The maximum Gasteiger partial charge on any atom is 0.0149 e. The van der Waals surface area contributed by atoms with Crippen molar-refractivity contribution in [1.29, 1.82) is 0 Å². The fourth-order valence-corrected chi connectivity index (χ4v) is 4.50. The largest absolute Gasteiger partial charge is 0.0918 e. The first kappa shape index (κ1) is 15.2. The van der Waals surface area contributed by atoms with E-state index in [9.17, 15) is 0 Å². The summed E-state index contributed by atoms with van der Waals surface area (Å²) in [5.41, 5.74) is 1.67. The van der Waals surface area contributed by atoms with E-state index in [2.05, 4.69) is 76.0 Å². The van der Waals surface area contributed by atoms with E-state index in [1.807, 2.05) is 0 Å². The third-order valence-corrected chi connectivity index (χ3v) is 5.57. The van der Waals surface area contributed by atoms with Gasteiger partial charge in [0, 0.05) is 16.1 Å². The number of benzene rings is 1.